The molecule has 0 fully saturated rings. The molecule has 1 amide bonds. The number of benzene rings is 2. The Kier molecular flexibility index (Phi) is 6.37. The third-order valence-electron chi connectivity index (χ3n) is 4.12. The molecule has 1 aromatic heterocycles. The molecular weight excluding hydrogens is 401 g/mol. The Balaban J connectivity index is 1.80. The van der Waals surface area contributed by atoms with Gasteiger partial charge in [0.2, 0.25) is 0 Å². The van der Waals surface area contributed by atoms with Crippen LogP contribution in [0.15, 0.2) is 47.8 Å². The van der Waals surface area contributed by atoms with Crippen LogP contribution in [-0.4, -0.2) is 24.0 Å². The number of aromatic nitrogens is 1. The Bertz CT molecular complexity index is 954. The van der Waals surface area contributed by atoms with Crippen LogP contribution in [0, 0.1) is 0 Å². The summed E-state index contributed by atoms with van der Waals surface area (Å²) in [6.45, 7) is 6.06. The van der Waals surface area contributed by atoms with Crippen molar-refractivity contribution in [3.63, 3.8) is 0 Å². The van der Waals surface area contributed by atoms with Gasteiger partial charge in [0.15, 0.2) is 5.13 Å². The van der Waals surface area contributed by atoms with Gasteiger partial charge in [-0.05, 0) is 44.2 Å². The van der Waals surface area contributed by atoms with Crippen LogP contribution >= 0.6 is 34.5 Å². The van der Waals surface area contributed by atoms with E-state index in [0.29, 0.717) is 21.3 Å². The zero-order chi connectivity index (χ0) is 19.4. The fourth-order valence-electron chi connectivity index (χ4n) is 2.66. The van der Waals surface area contributed by atoms with Crippen LogP contribution < -0.4 is 10.2 Å². The molecule has 7 heteroatoms. The molecule has 1 N–H and O–H groups in total. The summed E-state index contributed by atoms with van der Waals surface area (Å²) in [7, 11) is 0. The number of hydrogen-bond acceptors (Lipinski definition) is 4. The van der Waals surface area contributed by atoms with Gasteiger partial charge < -0.3 is 10.2 Å². The van der Waals surface area contributed by atoms with Crippen LogP contribution in [0.1, 0.15) is 24.2 Å². The molecule has 2 aromatic carbocycles. The lowest BCUT2D eigenvalue weighted by molar-refractivity contribution is 0.102. The fourth-order valence-corrected chi connectivity index (χ4v) is 4.12. The number of anilines is 2. The molecule has 0 radical (unpaired) electrons. The standard InChI is InChI=1S/C20H19Cl2N3OS/c1-3-25(4-2)20-24-18(12-27-20)13-6-5-7-15(10-13)23-19(26)16-9-8-14(21)11-17(16)22/h5-12H,3-4H2,1-2H3,(H,23,26). The zero-order valence-corrected chi connectivity index (χ0v) is 17.3. The monoisotopic (exact) mass is 419 g/mol. The molecule has 0 aliphatic rings. The molecule has 0 saturated heterocycles. The first-order valence-corrected chi connectivity index (χ1v) is 10.2. The molecule has 140 valence electrons. The Morgan fingerprint density at radius 2 is 1.93 bits per heavy atom. The molecule has 0 bridgehead atoms. The largest absolute Gasteiger partial charge is 0.349 e. The predicted octanol–water partition coefficient (Wildman–Crippen LogP) is 6.22. The predicted molar refractivity (Wildman–Crippen MR) is 116 cm³/mol. The highest BCUT2D eigenvalue weighted by atomic mass is 35.5. The minimum atomic E-state index is -0.282. The summed E-state index contributed by atoms with van der Waals surface area (Å²) in [5, 5.41) is 6.72. The average molecular weight is 420 g/mol. The van der Waals surface area contributed by atoms with Crippen molar-refractivity contribution in [2.45, 2.75) is 13.8 Å². The number of nitrogens with one attached hydrogen (secondary N) is 1. The lowest BCUT2D eigenvalue weighted by atomic mass is 10.1. The van der Waals surface area contributed by atoms with Crippen LogP contribution in [0.4, 0.5) is 10.8 Å². The third kappa shape index (κ3) is 4.61. The lowest BCUT2D eigenvalue weighted by Crippen LogP contribution is -2.21. The quantitative estimate of drug-likeness (QED) is 0.515. The van der Waals surface area contributed by atoms with E-state index in [4.69, 9.17) is 28.2 Å². The molecular formula is C20H19Cl2N3OS. The summed E-state index contributed by atoms with van der Waals surface area (Å²) in [5.41, 5.74) is 2.90. The normalized spacial score (nSPS) is 10.7. The molecule has 3 aromatic rings. The number of thiazole rings is 1. The SMILES string of the molecule is CCN(CC)c1nc(-c2cccc(NC(=O)c3ccc(Cl)cc3Cl)c2)cs1. The van der Waals surface area contributed by atoms with Crippen molar-refractivity contribution in [3.05, 3.63) is 63.5 Å². The fraction of sp³-hybridized carbons (Fsp3) is 0.200. The van der Waals surface area contributed by atoms with Crippen LogP contribution in [-0.2, 0) is 0 Å². The number of rotatable bonds is 6. The maximum atomic E-state index is 12.5. The first kappa shape index (κ1) is 19.7. The van der Waals surface area contributed by atoms with E-state index in [1.807, 2.05) is 29.6 Å². The van der Waals surface area contributed by atoms with E-state index in [9.17, 15) is 4.79 Å². The maximum Gasteiger partial charge on any atom is 0.257 e. The van der Waals surface area contributed by atoms with E-state index in [1.54, 1.807) is 29.5 Å². The highest BCUT2D eigenvalue weighted by Crippen LogP contribution is 2.29. The number of halogens is 2. The highest BCUT2D eigenvalue weighted by molar-refractivity contribution is 7.14. The Hall–Kier alpha value is -2.08. The molecule has 0 atom stereocenters. The van der Waals surface area contributed by atoms with Crippen LogP contribution in [0.2, 0.25) is 10.0 Å². The smallest absolute Gasteiger partial charge is 0.257 e. The van der Waals surface area contributed by atoms with E-state index in [-0.39, 0.29) is 5.91 Å². The molecule has 4 nitrogen and oxygen atoms in total. The Morgan fingerprint density at radius 3 is 2.63 bits per heavy atom. The number of carbonyl (C=O) groups is 1. The minimum Gasteiger partial charge on any atom is -0.349 e. The number of hydrogen-bond donors (Lipinski definition) is 1. The number of nitrogens with zero attached hydrogens (tertiary/aromatic N) is 2. The van der Waals surface area contributed by atoms with E-state index in [0.717, 1.165) is 29.5 Å². The molecule has 0 spiro atoms. The third-order valence-corrected chi connectivity index (χ3v) is 5.57. The van der Waals surface area contributed by atoms with Crippen LogP contribution in [0.3, 0.4) is 0 Å². The second-order valence-electron chi connectivity index (χ2n) is 5.85. The van der Waals surface area contributed by atoms with Crippen LogP contribution in [0.5, 0.6) is 0 Å². The van der Waals surface area contributed by atoms with Gasteiger partial charge in [-0.15, -0.1) is 11.3 Å². The number of carbonyl (C=O) groups excluding carboxylic acids is 1. The van der Waals surface area contributed by atoms with Gasteiger partial charge in [-0.25, -0.2) is 4.98 Å². The van der Waals surface area contributed by atoms with Gasteiger partial charge in [0, 0.05) is 34.7 Å². The van der Waals surface area contributed by atoms with E-state index in [1.165, 1.54) is 0 Å². The maximum absolute atomic E-state index is 12.5. The van der Waals surface area contributed by atoms with E-state index < -0.39 is 0 Å². The molecule has 3 rings (SSSR count). The second-order valence-corrected chi connectivity index (χ2v) is 7.53. The molecule has 1 heterocycles. The highest BCUT2D eigenvalue weighted by Gasteiger charge is 2.13. The van der Waals surface area contributed by atoms with Crippen molar-refractivity contribution in [2.24, 2.45) is 0 Å². The van der Waals surface area contributed by atoms with E-state index >= 15 is 0 Å². The summed E-state index contributed by atoms with van der Waals surface area (Å²) in [6.07, 6.45) is 0. The second kappa shape index (κ2) is 8.74. The van der Waals surface area contributed by atoms with Gasteiger partial charge in [-0.1, -0.05) is 35.3 Å². The van der Waals surface area contributed by atoms with Gasteiger partial charge in [0.1, 0.15) is 0 Å². The molecule has 27 heavy (non-hydrogen) atoms. The minimum absolute atomic E-state index is 0.282. The zero-order valence-electron chi connectivity index (χ0n) is 15.0. The Labute approximate surface area is 172 Å². The van der Waals surface area contributed by atoms with E-state index in [2.05, 4.69) is 24.1 Å². The van der Waals surface area contributed by atoms with Crippen LogP contribution in [0.25, 0.3) is 11.3 Å². The van der Waals surface area contributed by atoms with Gasteiger partial charge in [-0.2, -0.15) is 0 Å². The van der Waals surface area contributed by atoms with Gasteiger partial charge in [0.25, 0.3) is 5.91 Å². The summed E-state index contributed by atoms with van der Waals surface area (Å²) in [5.74, 6) is -0.282. The summed E-state index contributed by atoms with van der Waals surface area (Å²) in [6, 6.07) is 12.4. The Morgan fingerprint density at radius 1 is 1.15 bits per heavy atom. The van der Waals surface area contributed by atoms with Gasteiger partial charge in [0.05, 0.1) is 16.3 Å². The van der Waals surface area contributed by atoms with Crippen molar-refractivity contribution < 1.29 is 4.79 Å². The molecule has 0 aliphatic carbocycles. The summed E-state index contributed by atoms with van der Waals surface area (Å²) >= 11 is 13.6. The first-order valence-electron chi connectivity index (χ1n) is 8.59. The van der Waals surface area contributed by atoms with Crippen molar-refractivity contribution in [2.75, 3.05) is 23.3 Å². The molecule has 0 unspecified atom stereocenters. The number of amides is 1. The molecule has 0 aliphatic heterocycles. The first-order chi connectivity index (χ1) is 13.0. The lowest BCUT2D eigenvalue weighted by Gasteiger charge is -2.16. The summed E-state index contributed by atoms with van der Waals surface area (Å²) in [4.78, 5) is 19.4. The topological polar surface area (TPSA) is 45.2 Å². The van der Waals surface area contributed by atoms with Crippen molar-refractivity contribution in [1.29, 1.82) is 0 Å². The molecule has 0 saturated carbocycles. The van der Waals surface area contributed by atoms with Crippen molar-refractivity contribution >= 4 is 51.3 Å². The van der Waals surface area contributed by atoms with Crippen molar-refractivity contribution in [3.8, 4) is 11.3 Å². The van der Waals surface area contributed by atoms with Gasteiger partial charge >= 0.3 is 0 Å². The average Bonchev–Trinajstić information content (AvgIpc) is 3.13. The van der Waals surface area contributed by atoms with Crippen molar-refractivity contribution in [1.82, 2.24) is 4.98 Å². The summed E-state index contributed by atoms with van der Waals surface area (Å²) < 4.78 is 0. The van der Waals surface area contributed by atoms with Gasteiger partial charge in [-0.3, -0.25) is 4.79 Å².